The van der Waals surface area contributed by atoms with Crippen LogP contribution in [0.1, 0.15) is 37.1 Å². The molecule has 0 aliphatic carbocycles. The van der Waals surface area contributed by atoms with Crippen LogP contribution in [-0.2, 0) is 14.4 Å². The molecule has 2 aliphatic rings. The quantitative estimate of drug-likeness (QED) is 0.731. The fourth-order valence-corrected chi connectivity index (χ4v) is 3.30. The van der Waals surface area contributed by atoms with E-state index in [4.69, 9.17) is 4.52 Å². The Balaban J connectivity index is 1.56. The molecule has 3 heterocycles. The van der Waals surface area contributed by atoms with Gasteiger partial charge in [0, 0.05) is 37.7 Å². The number of hydrogen-bond acceptors (Lipinski definition) is 5. The van der Waals surface area contributed by atoms with Crippen molar-refractivity contribution in [3.05, 3.63) is 17.5 Å². The molecule has 8 nitrogen and oxygen atoms in total. The van der Waals surface area contributed by atoms with Crippen molar-refractivity contribution in [2.75, 3.05) is 26.2 Å². The number of piperazine rings is 1. The lowest BCUT2D eigenvalue weighted by atomic mass is 9.94. The lowest BCUT2D eigenvalue weighted by Crippen LogP contribution is -2.58. The van der Waals surface area contributed by atoms with Crippen molar-refractivity contribution in [3.63, 3.8) is 0 Å². The monoisotopic (exact) mass is 334 g/mol. The predicted octanol–water partition coefficient (Wildman–Crippen LogP) is 0.0359. The van der Waals surface area contributed by atoms with Crippen LogP contribution in [0, 0.1) is 6.92 Å². The number of hydrogen-bond donors (Lipinski definition) is 1. The molecule has 0 aromatic carbocycles. The van der Waals surface area contributed by atoms with Crippen LogP contribution in [0.2, 0.25) is 0 Å². The van der Waals surface area contributed by atoms with Gasteiger partial charge < -0.3 is 19.6 Å². The number of aromatic nitrogens is 1. The second kappa shape index (κ2) is 6.62. The van der Waals surface area contributed by atoms with E-state index in [1.54, 1.807) is 4.90 Å². The number of nitrogens with one attached hydrogen (secondary N) is 1. The maximum absolute atomic E-state index is 12.4. The van der Waals surface area contributed by atoms with Gasteiger partial charge in [0.25, 0.3) is 0 Å². The number of carbonyl (C=O) groups is 3. The van der Waals surface area contributed by atoms with E-state index in [0.29, 0.717) is 19.6 Å². The highest BCUT2D eigenvalue weighted by atomic mass is 16.5. The zero-order valence-corrected chi connectivity index (χ0v) is 13.9. The van der Waals surface area contributed by atoms with Gasteiger partial charge >= 0.3 is 11.8 Å². The fraction of sp³-hybridized carbons (Fsp3) is 0.625. The summed E-state index contributed by atoms with van der Waals surface area (Å²) in [5.74, 6) is -0.275. The highest BCUT2D eigenvalue weighted by Crippen LogP contribution is 2.28. The first-order valence-corrected chi connectivity index (χ1v) is 8.25. The lowest BCUT2D eigenvalue weighted by Gasteiger charge is -2.34. The van der Waals surface area contributed by atoms with Crippen molar-refractivity contribution < 1.29 is 18.9 Å². The van der Waals surface area contributed by atoms with Crippen LogP contribution < -0.4 is 5.32 Å². The molecule has 1 unspecified atom stereocenters. The topological polar surface area (TPSA) is 95.8 Å². The lowest BCUT2D eigenvalue weighted by molar-refractivity contribution is -0.154. The average Bonchev–Trinajstić information content (AvgIpc) is 2.99. The molecule has 1 aromatic rings. The molecule has 1 N–H and O–H groups in total. The fourth-order valence-electron chi connectivity index (χ4n) is 3.30. The Labute approximate surface area is 140 Å². The smallest absolute Gasteiger partial charge is 0.312 e. The van der Waals surface area contributed by atoms with Crippen LogP contribution in [0.3, 0.4) is 0 Å². The Hall–Kier alpha value is -2.38. The Morgan fingerprint density at radius 3 is 2.50 bits per heavy atom. The van der Waals surface area contributed by atoms with E-state index >= 15 is 0 Å². The number of amides is 3. The maximum Gasteiger partial charge on any atom is 0.312 e. The Kier molecular flexibility index (Phi) is 4.55. The number of aryl methyl sites for hydroxylation is 1. The van der Waals surface area contributed by atoms with Crippen molar-refractivity contribution >= 4 is 17.7 Å². The van der Waals surface area contributed by atoms with Gasteiger partial charge in [-0.05, 0) is 26.7 Å². The summed E-state index contributed by atoms with van der Waals surface area (Å²) in [6.45, 7) is 5.01. The van der Waals surface area contributed by atoms with Gasteiger partial charge in [-0.25, -0.2) is 0 Å². The molecule has 2 saturated heterocycles. The third kappa shape index (κ3) is 3.42. The zero-order chi connectivity index (χ0) is 17.3. The molecule has 3 rings (SSSR count). The molecule has 8 heteroatoms. The molecule has 0 bridgehead atoms. The van der Waals surface area contributed by atoms with E-state index < -0.39 is 11.8 Å². The van der Waals surface area contributed by atoms with Gasteiger partial charge in [-0.1, -0.05) is 5.16 Å². The molecule has 0 spiro atoms. The largest absolute Gasteiger partial charge is 0.361 e. The van der Waals surface area contributed by atoms with Crippen LogP contribution in [0.15, 0.2) is 10.6 Å². The second-order valence-corrected chi connectivity index (χ2v) is 6.59. The number of carbonyl (C=O) groups excluding carboxylic acids is 3. The van der Waals surface area contributed by atoms with Crippen LogP contribution in [0.5, 0.6) is 0 Å². The summed E-state index contributed by atoms with van der Waals surface area (Å²) in [5, 5.41) is 6.63. The van der Waals surface area contributed by atoms with E-state index in [1.807, 2.05) is 19.9 Å². The molecular weight excluding hydrogens is 312 g/mol. The van der Waals surface area contributed by atoms with Crippen LogP contribution in [0.4, 0.5) is 0 Å². The standard InChI is InChI=1S/C16H22N4O4/c1-10-7-13(24-18-10)12-3-5-19(6-4-12)15(22)16(23)20-8-11(2)17-14(21)9-20/h7,11-12H,3-6,8-9H2,1-2H3,(H,17,21). The number of rotatable bonds is 1. The molecule has 130 valence electrons. The van der Waals surface area contributed by atoms with E-state index in [1.165, 1.54) is 4.90 Å². The van der Waals surface area contributed by atoms with Gasteiger partial charge in [0.1, 0.15) is 12.3 Å². The molecule has 3 amide bonds. The first kappa shape index (κ1) is 16.5. The van der Waals surface area contributed by atoms with Gasteiger partial charge in [0.15, 0.2) is 0 Å². The van der Waals surface area contributed by atoms with E-state index in [-0.39, 0.29) is 24.4 Å². The summed E-state index contributed by atoms with van der Waals surface area (Å²) >= 11 is 0. The van der Waals surface area contributed by atoms with Gasteiger partial charge in [0.05, 0.1) is 5.69 Å². The van der Waals surface area contributed by atoms with Gasteiger partial charge in [0.2, 0.25) is 5.91 Å². The third-order valence-corrected chi connectivity index (χ3v) is 4.54. The number of likely N-dealkylation sites (tertiary alicyclic amines) is 1. The Bertz CT molecular complexity index is 648. The van der Waals surface area contributed by atoms with Crippen LogP contribution in [-0.4, -0.2) is 64.9 Å². The van der Waals surface area contributed by atoms with Crippen molar-refractivity contribution in [3.8, 4) is 0 Å². The predicted molar refractivity (Wildman–Crippen MR) is 84.0 cm³/mol. The molecule has 2 fully saturated rings. The highest BCUT2D eigenvalue weighted by Gasteiger charge is 2.34. The number of piperidine rings is 1. The molecule has 0 radical (unpaired) electrons. The average molecular weight is 334 g/mol. The molecule has 24 heavy (non-hydrogen) atoms. The van der Waals surface area contributed by atoms with Crippen molar-refractivity contribution in [1.29, 1.82) is 0 Å². The van der Waals surface area contributed by atoms with Crippen molar-refractivity contribution in [2.45, 2.75) is 38.6 Å². The summed E-state index contributed by atoms with van der Waals surface area (Å²) in [4.78, 5) is 39.2. The summed E-state index contributed by atoms with van der Waals surface area (Å²) in [6, 6.07) is 1.78. The van der Waals surface area contributed by atoms with E-state index in [2.05, 4.69) is 10.5 Å². The zero-order valence-electron chi connectivity index (χ0n) is 13.9. The van der Waals surface area contributed by atoms with Crippen LogP contribution in [0.25, 0.3) is 0 Å². The Morgan fingerprint density at radius 2 is 1.92 bits per heavy atom. The van der Waals surface area contributed by atoms with Crippen molar-refractivity contribution in [2.24, 2.45) is 0 Å². The minimum atomic E-state index is -0.592. The minimum absolute atomic E-state index is 0.0529. The molecule has 0 saturated carbocycles. The van der Waals surface area contributed by atoms with E-state index in [9.17, 15) is 14.4 Å². The van der Waals surface area contributed by atoms with Gasteiger partial charge in [-0.15, -0.1) is 0 Å². The SMILES string of the molecule is Cc1cc(C2CCN(C(=O)C(=O)N3CC(=O)NC(C)C3)CC2)on1. The Morgan fingerprint density at radius 1 is 1.25 bits per heavy atom. The van der Waals surface area contributed by atoms with Gasteiger partial charge in [-0.2, -0.15) is 0 Å². The van der Waals surface area contributed by atoms with Crippen LogP contribution >= 0.6 is 0 Å². The molecule has 1 atom stereocenters. The summed E-state index contributed by atoms with van der Waals surface area (Å²) in [6.07, 6.45) is 1.48. The molecular formula is C16H22N4O4. The van der Waals surface area contributed by atoms with Gasteiger partial charge in [-0.3, -0.25) is 14.4 Å². The second-order valence-electron chi connectivity index (χ2n) is 6.59. The third-order valence-electron chi connectivity index (χ3n) is 4.54. The molecule has 1 aromatic heterocycles. The maximum atomic E-state index is 12.4. The molecule has 2 aliphatic heterocycles. The highest BCUT2D eigenvalue weighted by molar-refractivity contribution is 6.35. The van der Waals surface area contributed by atoms with Crippen molar-refractivity contribution in [1.82, 2.24) is 20.3 Å². The number of nitrogens with zero attached hydrogens (tertiary/aromatic N) is 3. The minimum Gasteiger partial charge on any atom is -0.361 e. The first-order valence-electron chi connectivity index (χ1n) is 8.25. The summed E-state index contributed by atoms with van der Waals surface area (Å²) in [7, 11) is 0. The normalized spacial score (nSPS) is 22.4. The summed E-state index contributed by atoms with van der Waals surface area (Å²) in [5.41, 5.74) is 0.844. The van der Waals surface area contributed by atoms with E-state index in [0.717, 1.165) is 24.3 Å². The summed E-state index contributed by atoms with van der Waals surface area (Å²) < 4.78 is 5.29. The first-order chi connectivity index (χ1) is 11.4.